The van der Waals surface area contributed by atoms with Gasteiger partial charge in [0.25, 0.3) is 0 Å². The van der Waals surface area contributed by atoms with Crippen LogP contribution < -0.4 is 9.80 Å². The molecule has 10 aromatic rings. The normalized spacial score (nSPS) is 13.4. The van der Waals surface area contributed by atoms with E-state index in [0.717, 1.165) is 17.1 Å². The lowest BCUT2D eigenvalue weighted by atomic mass is 9.73. The van der Waals surface area contributed by atoms with Gasteiger partial charge < -0.3 is 9.80 Å². The molecule has 0 amide bonds. The van der Waals surface area contributed by atoms with Crippen molar-refractivity contribution in [1.29, 1.82) is 0 Å². The predicted octanol–water partition coefficient (Wildman–Crippen LogP) is 15.7. The maximum Gasteiger partial charge on any atom is 0.0502 e. The highest BCUT2D eigenvalue weighted by molar-refractivity contribution is 7.26. The van der Waals surface area contributed by atoms with Crippen molar-refractivity contribution in [1.82, 2.24) is 0 Å². The third-order valence-corrected chi connectivity index (χ3v) is 13.8. The second kappa shape index (κ2) is 12.4. The van der Waals surface area contributed by atoms with Crippen molar-refractivity contribution in [3.63, 3.8) is 0 Å². The molecule has 0 bridgehead atoms. The Bertz CT molecular complexity index is 3030. The molecular weight excluding hydrogens is 705 g/mol. The van der Waals surface area contributed by atoms with Crippen molar-refractivity contribution in [2.45, 2.75) is 19.3 Å². The first-order valence-electron chi connectivity index (χ1n) is 18.8. The van der Waals surface area contributed by atoms with Crippen molar-refractivity contribution in [2.75, 3.05) is 9.80 Å². The molecule has 8 aromatic carbocycles. The molecule has 0 unspecified atom stereocenters. The van der Waals surface area contributed by atoms with Gasteiger partial charge in [0.15, 0.2) is 0 Å². The van der Waals surface area contributed by atoms with Crippen molar-refractivity contribution >= 4 is 97.1 Å². The van der Waals surface area contributed by atoms with Crippen LogP contribution in [0.2, 0.25) is 0 Å². The molecule has 0 atom stereocenters. The monoisotopic (exact) mass is 740 g/mol. The van der Waals surface area contributed by atoms with E-state index >= 15 is 0 Å². The van der Waals surface area contributed by atoms with Crippen LogP contribution >= 0.6 is 22.7 Å². The van der Waals surface area contributed by atoms with E-state index in [4.69, 9.17) is 0 Å². The van der Waals surface area contributed by atoms with Gasteiger partial charge in [-0.3, -0.25) is 0 Å². The fourth-order valence-electron chi connectivity index (χ4n) is 8.77. The zero-order valence-electron chi connectivity index (χ0n) is 30.5. The Morgan fingerprint density at radius 2 is 0.982 bits per heavy atom. The summed E-state index contributed by atoms with van der Waals surface area (Å²) < 4.78 is 5.23. The molecule has 3 heterocycles. The summed E-state index contributed by atoms with van der Waals surface area (Å²) in [6.45, 7) is 4.70. The number of hydrogen-bond acceptors (Lipinski definition) is 4. The van der Waals surface area contributed by atoms with E-state index < -0.39 is 0 Å². The van der Waals surface area contributed by atoms with Gasteiger partial charge in [-0.1, -0.05) is 123 Å². The van der Waals surface area contributed by atoms with Crippen LogP contribution in [0, 0.1) is 0 Å². The third kappa shape index (κ3) is 5.06. The average molecular weight is 741 g/mol. The second-order valence-corrected chi connectivity index (χ2v) is 17.1. The minimum Gasteiger partial charge on any atom is -0.310 e. The third-order valence-electron chi connectivity index (χ3n) is 11.4. The van der Waals surface area contributed by atoms with Crippen LogP contribution in [-0.2, 0) is 5.41 Å². The summed E-state index contributed by atoms with van der Waals surface area (Å²) in [6.07, 6.45) is 0. The topological polar surface area (TPSA) is 6.48 Å². The van der Waals surface area contributed by atoms with E-state index in [1.165, 1.54) is 79.7 Å². The first-order valence-corrected chi connectivity index (χ1v) is 20.5. The van der Waals surface area contributed by atoms with Gasteiger partial charge in [0.05, 0.1) is 11.4 Å². The van der Waals surface area contributed by atoms with Crippen LogP contribution in [0.25, 0.3) is 51.5 Å². The fraction of sp³-hybridized carbons (Fsp3) is 0.0588. The van der Waals surface area contributed by atoms with Crippen molar-refractivity contribution < 1.29 is 0 Å². The smallest absolute Gasteiger partial charge is 0.0502 e. The molecule has 0 saturated heterocycles. The molecule has 0 spiro atoms. The minimum absolute atomic E-state index is 0.117. The summed E-state index contributed by atoms with van der Waals surface area (Å²) in [7, 11) is 0. The summed E-state index contributed by atoms with van der Waals surface area (Å²) in [5.41, 5.74) is 12.1. The number of benzene rings is 8. The minimum atomic E-state index is -0.117. The number of para-hydroxylation sites is 3. The molecule has 0 saturated carbocycles. The quantitative estimate of drug-likeness (QED) is 0.173. The van der Waals surface area contributed by atoms with Crippen molar-refractivity contribution in [3.05, 3.63) is 193 Å². The summed E-state index contributed by atoms with van der Waals surface area (Å²) in [4.78, 5) is 4.86. The first-order chi connectivity index (χ1) is 27.0. The van der Waals surface area contributed by atoms with Gasteiger partial charge in [-0.25, -0.2) is 0 Å². The summed E-state index contributed by atoms with van der Waals surface area (Å²) >= 11 is 3.75. The first kappa shape index (κ1) is 32.2. The van der Waals surface area contributed by atoms with E-state index in [9.17, 15) is 0 Å². The molecule has 1 aliphatic rings. The number of thiophene rings is 2. The Kier molecular flexibility index (Phi) is 7.28. The van der Waals surface area contributed by atoms with Gasteiger partial charge in [0, 0.05) is 74.1 Å². The zero-order chi connectivity index (χ0) is 36.7. The largest absolute Gasteiger partial charge is 0.310 e. The molecule has 2 nitrogen and oxygen atoms in total. The van der Waals surface area contributed by atoms with Crippen LogP contribution in [0.3, 0.4) is 0 Å². The Labute approximate surface area is 328 Å². The van der Waals surface area contributed by atoms with Crippen LogP contribution in [0.4, 0.5) is 34.1 Å². The zero-order valence-corrected chi connectivity index (χ0v) is 32.2. The Morgan fingerprint density at radius 3 is 1.69 bits per heavy atom. The fourth-order valence-corrected chi connectivity index (χ4v) is 11.1. The molecule has 2 aromatic heterocycles. The standard InChI is InChI=1S/C51H36N2S2/c1-51(2)43-18-8-10-20-45(43)53(46-21-11-9-19-44(46)51)37-30-41(50-42(31-37)39-17-7-13-23-48(39)55-50)33-24-26-35(27-25-33)52(34-14-4-3-5-15-34)36-28-29-40-38-16-6-12-22-47(38)54-49(40)32-36/h3-32H,1-2H3. The van der Waals surface area contributed by atoms with Gasteiger partial charge in [-0.2, -0.15) is 0 Å². The lowest BCUT2D eigenvalue weighted by Crippen LogP contribution is -2.30. The van der Waals surface area contributed by atoms with E-state index in [1.54, 1.807) is 0 Å². The highest BCUT2D eigenvalue weighted by atomic mass is 32.1. The molecule has 55 heavy (non-hydrogen) atoms. The lowest BCUT2D eigenvalue weighted by molar-refractivity contribution is 0.632. The summed E-state index contributed by atoms with van der Waals surface area (Å²) in [5.74, 6) is 0. The van der Waals surface area contributed by atoms with Gasteiger partial charge in [-0.15, -0.1) is 22.7 Å². The van der Waals surface area contributed by atoms with Gasteiger partial charge >= 0.3 is 0 Å². The highest BCUT2D eigenvalue weighted by Gasteiger charge is 2.36. The second-order valence-electron chi connectivity index (χ2n) is 15.0. The molecule has 0 radical (unpaired) electrons. The van der Waals surface area contributed by atoms with Crippen molar-refractivity contribution in [2.24, 2.45) is 0 Å². The summed E-state index contributed by atoms with van der Waals surface area (Å²) in [6, 6.07) is 67.1. The number of fused-ring (bicyclic) bond motifs is 8. The molecule has 0 aliphatic carbocycles. The SMILES string of the molecule is CC1(C)c2ccccc2N(c2cc(-c3ccc(N(c4ccccc4)c4ccc5c(c4)sc4ccccc45)cc3)c3sc4ccccc4c3c2)c2ccccc21. The molecule has 1 aliphatic heterocycles. The average Bonchev–Trinajstić information content (AvgIpc) is 3.80. The number of nitrogens with zero attached hydrogens (tertiary/aromatic N) is 2. The van der Waals surface area contributed by atoms with Crippen molar-refractivity contribution in [3.8, 4) is 11.1 Å². The summed E-state index contributed by atoms with van der Waals surface area (Å²) in [5, 5.41) is 5.22. The highest BCUT2D eigenvalue weighted by Crippen LogP contribution is 2.53. The lowest BCUT2D eigenvalue weighted by Gasteiger charge is -2.42. The van der Waals surface area contributed by atoms with E-state index in [1.807, 2.05) is 22.7 Å². The van der Waals surface area contributed by atoms with Crippen LogP contribution in [0.1, 0.15) is 25.0 Å². The van der Waals surface area contributed by atoms with Crippen LogP contribution in [0.15, 0.2) is 182 Å². The molecule has 0 fully saturated rings. The van der Waals surface area contributed by atoms with Crippen LogP contribution in [-0.4, -0.2) is 0 Å². The molecule has 4 heteroatoms. The molecular formula is C51H36N2S2. The maximum atomic E-state index is 2.49. The predicted molar refractivity (Wildman–Crippen MR) is 239 cm³/mol. The Balaban J connectivity index is 1.08. The van der Waals surface area contributed by atoms with Gasteiger partial charge in [0.1, 0.15) is 0 Å². The Morgan fingerprint density at radius 1 is 0.436 bits per heavy atom. The molecule has 262 valence electrons. The number of hydrogen-bond donors (Lipinski definition) is 0. The molecule has 0 N–H and O–H groups in total. The maximum absolute atomic E-state index is 2.49. The Hall–Kier alpha value is -6.20. The molecule has 11 rings (SSSR count). The van der Waals surface area contributed by atoms with Gasteiger partial charge in [0.2, 0.25) is 0 Å². The number of rotatable bonds is 5. The van der Waals surface area contributed by atoms with Gasteiger partial charge in [-0.05, 0) is 89.5 Å². The van der Waals surface area contributed by atoms with E-state index in [-0.39, 0.29) is 5.41 Å². The van der Waals surface area contributed by atoms with Crippen LogP contribution in [0.5, 0.6) is 0 Å². The number of anilines is 6. The van der Waals surface area contributed by atoms with E-state index in [2.05, 4.69) is 206 Å². The van der Waals surface area contributed by atoms with E-state index in [0.29, 0.717) is 0 Å².